The topological polar surface area (TPSA) is 70.1 Å². The molecule has 4 nitrogen and oxygen atoms in total. The number of hydrogen-bond acceptors (Lipinski definition) is 3. The van der Waals surface area contributed by atoms with Gasteiger partial charge in [0.05, 0.1) is 17.7 Å². The molecule has 2 atom stereocenters. The van der Waals surface area contributed by atoms with Gasteiger partial charge in [-0.3, -0.25) is 4.79 Å². The number of nitrogens with two attached hydrogens (primary N) is 1. The Labute approximate surface area is 113 Å². The van der Waals surface area contributed by atoms with E-state index in [1.165, 1.54) is 0 Å². The van der Waals surface area contributed by atoms with Crippen LogP contribution in [0.3, 0.4) is 0 Å². The van der Waals surface area contributed by atoms with Gasteiger partial charge in [0.25, 0.3) is 0 Å². The van der Waals surface area contributed by atoms with Crippen LogP contribution in [0.5, 0.6) is 0 Å². The molecule has 4 heteroatoms. The normalized spacial score (nSPS) is 23.8. The zero-order valence-corrected chi connectivity index (χ0v) is 11.2. The standard InChI is InChI=1S/C15H19N3O/c1-2-18-14(19)8-4-7-13(17)15(18)12-6-3-5-11(9-12)10-16/h3,5-6,9,13,15H,2,4,7-8,17H2,1H3. The van der Waals surface area contributed by atoms with E-state index in [0.29, 0.717) is 18.5 Å². The lowest BCUT2D eigenvalue weighted by molar-refractivity contribution is -0.133. The van der Waals surface area contributed by atoms with E-state index in [2.05, 4.69) is 6.07 Å². The molecule has 1 aliphatic rings. The number of likely N-dealkylation sites (N-methyl/N-ethyl adjacent to an activating group) is 1. The molecule has 2 rings (SSSR count). The Bertz CT molecular complexity index is 506. The first kappa shape index (κ1) is 13.6. The maximum atomic E-state index is 12.1. The van der Waals surface area contributed by atoms with Gasteiger partial charge in [0.1, 0.15) is 0 Å². The van der Waals surface area contributed by atoms with Gasteiger partial charge in [0.15, 0.2) is 0 Å². The average molecular weight is 257 g/mol. The highest BCUT2D eigenvalue weighted by atomic mass is 16.2. The molecular weight excluding hydrogens is 238 g/mol. The molecule has 19 heavy (non-hydrogen) atoms. The van der Waals surface area contributed by atoms with Crippen LogP contribution in [0.15, 0.2) is 24.3 Å². The molecule has 1 aromatic carbocycles. The van der Waals surface area contributed by atoms with E-state index in [1.54, 1.807) is 6.07 Å². The lowest BCUT2D eigenvalue weighted by Crippen LogP contribution is -2.42. The van der Waals surface area contributed by atoms with Gasteiger partial charge >= 0.3 is 0 Å². The lowest BCUT2D eigenvalue weighted by Gasteiger charge is -2.33. The van der Waals surface area contributed by atoms with Crippen molar-refractivity contribution in [2.45, 2.75) is 38.3 Å². The zero-order chi connectivity index (χ0) is 13.8. The minimum atomic E-state index is -0.117. The Morgan fingerprint density at radius 3 is 3.00 bits per heavy atom. The summed E-state index contributed by atoms with van der Waals surface area (Å²) in [4.78, 5) is 14.0. The van der Waals surface area contributed by atoms with Gasteiger partial charge in [0, 0.05) is 19.0 Å². The molecule has 1 aliphatic heterocycles. The predicted molar refractivity (Wildman–Crippen MR) is 73.1 cm³/mol. The van der Waals surface area contributed by atoms with Crippen molar-refractivity contribution >= 4 is 5.91 Å². The highest BCUT2D eigenvalue weighted by molar-refractivity contribution is 5.77. The summed E-state index contributed by atoms with van der Waals surface area (Å²) in [5, 5.41) is 9.00. The Morgan fingerprint density at radius 1 is 1.53 bits per heavy atom. The van der Waals surface area contributed by atoms with Crippen molar-refractivity contribution in [3.05, 3.63) is 35.4 Å². The molecule has 2 unspecified atom stereocenters. The Kier molecular flexibility index (Phi) is 4.18. The number of carbonyl (C=O) groups excluding carboxylic acids is 1. The summed E-state index contributed by atoms with van der Waals surface area (Å²) in [5.41, 5.74) is 7.82. The number of amides is 1. The van der Waals surface area contributed by atoms with Crippen molar-refractivity contribution in [2.75, 3.05) is 6.54 Å². The van der Waals surface area contributed by atoms with Gasteiger partial charge in [-0.2, -0.15) is 5.26 Å². The maximum Gasteiger partial charge on any atom is 0.223 e. The van der Waals surface area contributed by atoms with E-state index in [1.807, 2.05) is 30.0 Å². The van der Waals surface area contributed by atoms with Crippen molar-refractivity contribution in [3.8, 4) is 6.07 Å². The first-order valence-corrected chi connectivity index (χ1v) is 6.72. The summed E-state index contributed by atoms with van der Waals surface area (Å²) >= 11 is 0. The molecule has 1 saturated heterocycles. The van der Waals surface area contributed by atoms with E-state index in [4.69, 9.17) is 11.0 Å². The van der Waals surface area contributed by atoms with Crippen LogP contribution in [0.1, 0.15) is 43.4 Å². The average Bonchev–Trinajstić information content (AvgIpc) is 2.57. The van der Waals surface area contributed by atoms with E-state index in [-0.39, 0.29) is 18.0 Å². The Morgan fingerprint density at radius 2 is 2.32 bits per heavy atom. The molecule has 1 heterocycles. The molecular formula is C15H19N3O. The summed E-state index contributed by atoms with van der Waals surface area (Å²) in [5.74, 6) is 0.155. The van der Waals surface area contributed by atoms with Crippen LogP contribution < -0.4 is 5.73 Å². The third kappa shape index (κ3) is 2.77. The van der Waals surface area contributed by atoms with Crippen molar-refractivity contribution in [1.29, 1.82) is 5.26 Å². The molecule has 0 bridgehead atoms. The Hall–Kier alpha value is -1.86. The molecule has 0 spiro atoms. The van der Waals surface area contributed by atoms with Crippen LogP contribution in [0, 0.1) is 11.3 Å². The smallest absolute Gasteiger partial charge is 0.223 e. The van der Waals surface area contributed by atoms with E-state index < -0.39 is 0 Å². The lowest BCUT2D eigenvalue weighted by atomic mass is 9.95. The summed E-state index contributed by atoms with van der Waals surface area (Å²) in [7, 11) is 0. The first-order valence-electron chi connectivity index (χ1n) is 6.72. The second-order valence-electron chi connectivity index (χ2n) is 4.92. The highest BCUT2D eigenvalue weighted by Gasteiger charge is 2.31. The first-order chi connectivity index (χ1) is 9.17. The number of hydrogen-bond donors (Lipinski definition) is 1. The van der Waals surface area contributed by atoms with Crippen molar-refractivity contribution < 1.29 is 4.79 Å². The molecule has 0 aliphatic carbocycles. The summed E-state index contributed by atoms with van der Waals surface area (Å²) in [6.07, 6.45) is 2.24. The van der Waals surface area contributed by atoms with Crippen molar-refractivity contribution in [2.24, 2.45) is 5.73 Å². The number of likely N-dealkylation sites (tertiary alicyclic amines) is 1. The Balaban J connectivity index is 2.41. The molecule has 100 valence electrons. The van der Waals surface area contributed by atoms with Gasteiger partial charge in [0.2, 0.25) is 5.91 Å². The number of rotatable bonds is 2. The highest BCUT2D eigenvalue weighted by Crippen LogP contribution is 2.30. The van der Waals surface area contributed by atoms with Gasteiger partial charge < -0.3 is 10.6 Å². The SMILES string of the molecule is CCN1C(=O)CCCC(N)C1c1cccc(C#N)c1. The molecule has 2 N–H and O–H groups in total. The van der Waals surface area contributed by atoms with E-state index in [9.17, 15) is 4.79 Å². The summed E-state index contributed by atoms with van der Waals surface area (Å²) < 4.78 is 0. The van der Waals surface area contributed by atoms with E-state index >= 15 is 0 Å². The monoisotopic (exact) mass is 257 g/mol. The molecule has 1 fully saturated rings. The molecule has 0 saturated carbocycles. The second-order valence-corrected chi connectivity index (χ2v) is 4.92. The van der Waals surface area contributed by atoms with Crippen LogP contribution in [0.25, 0.3) is 0 Å². The molecule has 0 radical (unpaired) electrons. The van der Waals surface area contributed by atoms with Gasteiger partial charge in [-0.25, -0.2) is 0 Å². The van der Waals surface area contributed by atoms with Crippen LogP contribution in [0.4, 0.5) is 0 Å². The molecule has 1 aromatic rings. The van der Waals surface area contributed by atoms with Gasteiger partial charge in [-0.05, 0) is 37.5 Å². The largest absolute Gasteiger partial charge is 0.334 e. The molecule has 1 amide bonds. The van der Waals surface area contributed by atoms with Crippen LogP contribution >= 0.6 is 0 Å². The third-order valence-corrected chi connectivity index (χ3v) is 3.69. The summed E-state index contributed by atoms with van der Waals surface area (Å²) in [6, 6.07) is 9.36. The van der Waals surface area contributed by atoms with Gasteiger partial charge in [-0.15, -0.1) is 0 Å². The van der Waals surface area contributed by atoms with Gasteiger partial charge in [-0.1, -0.05) is 12.1 Å². The van der Waals surface area contributed by atoms with Crippen LogP contribution in [-0.2, 0) is 4.79 Å². The van der Waals surface area contributed by atoms with Crippen molar-refractivity contribution in [1.82, 2.24) is 4.90 Å². The minimum absolute atomic E-state index is 0.0691. The zero-order valence-electron chi connectivity index (χ0n) is 11.2. The second kappa shape index (κ2) is 5.85. The van der Waals surface area contributed by atoms with Crippen molar-refractivity contribution in [3.63, 3.8) is 0 Å². The minimum Gasteiger partial charge on any atom is -0.334 e. The number of carbonyl (C=O) groups is 1. The fraction of sp³-hybridized carbons (Fsp3) is 0.467. The molecule has 0 aromatic heterocycles. The maximum absolute atomic E-state index is 12.1. The predicted octanol–water partition coefficient (Wildman–Crippen LogP) is 1.96. The number of benzene rings is 1. The number of nitrogens with zero attached hydrogens (tertiary/aromatic N) is 2. The summed E-state index contributed by atoms with van der Waals surface area (Å²) in [6.45, 7) is 2.62. The fourth-order valence-corrected chi connectivity index (χ4v) is 2.77. The number of nitriles is 1. The fourth-order valence-electron chi connectivity index (χ4n) is 2.77. The third-order valence-electron chi connectivity index (χ3n) is 3.69. The van der Waals surface area contributed by atoms with Crippen LogP contribution in [-0.4, -0.2) is 23.4 Å². The van der Waals surface area contributed by atoms with E-state index in [0.717, 1.165) is 18.4 Å². The quantitative estimate of drug-likeness (QED) is 0.880. The van der Waals surface area contributed by atoms with Crippen LogP contribution in [0.2, 0.25) is 0 Å².